The van der Waals surface area contributed by atoms with Gasteiger partial charge >= 0.3 is 0 Å². The van der Waals surface area contributed by atoms with Crippen LogP contribution in [0.15, 0.2) is 4.99 Å². The van der Waals surface area contributed by atoms with Crippen molar-refractivity contribution in [1.29, 1.82) is 0 Å². The fourth-order valence-corrected chi connectivity index (χ4v) is 0.224. The van der Waals surface area contributed by atoms with Gasteiger partial charge in [-0.15, -0.1) is 0 Å². The maximum Gasteiger partial charge on any atom is 0.279 e. The Labute approximate surface area is 36.9 Å². The predicted molar refractivity (Wildman–Crippen MR) is 22.3 cm³/mol. The molecule has 0 fully saturated rings. The molecule has 0 aromatic carbocycles. The molecule has 0 aromatic rings. The molecule has 0 aliphatic carbocycles. The highest BCUT2D eigenvalue weighted by Gasteiger charge is 1.47. The van der Waals surface area contributed by atoms with Crippen LogP contribution in [0.3, 0.4) is 0 Å². The lowest BCUT2D eigenvalue weighted by atomic mass is 11.4. The largest absolute Gasteiger partial charge is 0.279 e. The third-order valence-corrected chi connectivity index (χ3v) is 0.497. The van der Waals surface area contributed by atoms with Crippen molar-refractivity contribution in [2.45, 2.75) is 0 Å². The van der Waals surface area contributed by atoms with Crippen LogP contribution in [0.1, 0.15) is 0 Å². The lowest BCUT2D eigenvalue weighted by molar-refractivity contribution is 0.627. The van der Waals surface area contributed by atoms with Crippen molar-refractivity contribution in [2.24, 2.45) is 4.99 Å². The summed E-state index contributed by atoms with van der Waals surface area (Å²) in [5.74, 6) is 0. The third-order valence-electron chi connectivity index (χ3n) is 0.166. The van der Waals surface area contributed by atoms with Crippen molar-refractivity contribution in [3.05, 3.63) is 0 Å². The Morgan fingerprint density at radius 2 is 2.17 bits per heavy atom. The summed E-state index contributed by atoms with van der Waals surface area (Å²) in [5, 5.41) is 1.75. The molecule has 0 amide bonds. The molecule has 34 valence electrons. The smallest absolute Gasteiger partial charge is 0.232 e. The zero-order valence-corrected chi connectivity index (χ0v) is 3.99. The van der Waals surface area contributed by atoms with E-state index in [2.05, 4.69) is 4.99 Å². The molecular formula is C2H3NO2S. The van der Waals surface area contributed by atoms with E-state index >= 15 is 0 Å². The highest BCUT2D eigenvalue weighted by Crippen LogP contribution is 1.35. The lowest BCUT2D eigenvalue weighted by Gasteiger charge is -1.42. The van der Waals surface area contributed by atoms with Crippen LogP contribution < -0.4 is 0 Å². The van der Waals surface area contributed by atoms with Gasteiger partial charge in [-0.05, 0) is 0 Å². The van der Waals surface area contributed by atoms with Crippen molar-refractivity contribution >= 4 is 15.5 Å². The maximum atomic E-state index is 9.39. The van der Waals surface area contributed by atoms with Crippen molar-refractivity contribution in [3.8, 4) is 0 Å². The first-order chi connectivity index (χ1) is 2.77. The number of hydrogen-bond donors (Lipinski definition) is 0. The predicted octanol–water partition coefficient (Wildman–Crippen LogP) is -0.599. The van der Waals surface area contributed by atoms with Crippen molar-refractivity contribution in [1.82, 2.24) is 0 Å². The van der Waals surface area contributed by atoms with Crippen molar-refractivity contribution in [3.63, 3.8) is 0 Å². The van der Waals surface area contributed by atoms with Crippen LogP contribution in [-0.2, 0) is 10.3 Å². The molecule has 0 heterocycles. The Bertz CT molecular complexity index is 164. The average Bonchev–Trinajstić information content (AvgIpc) is 1.35. The minimum Gasteiger partial charge on any atom is -0.232 e. The summed E-state index contributed by atoms with van der Waals surface area (Å²) < 4.78 is 18.8. The molecule has 3 nitrogen and oxygen atoms in total. The topological polar surface area (TPSA) is 46.5 Å². The van der Waals surface area contributed by atoms with Crippen LogP contribution in [0.25, 0.3) is 0 Å². The minimum absolute atomic E-state index is 1.34. The van der Waals surface area contributed by atoms with Gasteiger partial charge in [0.1, 0.15) is 5.16 Å². The Hall–Kier alpha value is -0.600. The van der Waals surface area contributed by atoms with E-state index < -0.39 is 10.3 Å². The van der Waals surface area contributed by atoms with Crippen molar-refractivity contribution < 1.29 is 8.42 Å². The molecule has 0 aliphatic rings. The van der Waals surface area contributed by atoms with Crippen LogP contribution >= 0.6 is 0 Å². The first-order valence-corrected chi connectivity index (χ1v) is 2.28. The summed E-state index contributed by atoms with van der Waals surface area (Å²) in [6.45, 7) is 0. The summed E-state index contributed by atoms with van der Waals surface area (Å²) in [6.07, 6.45) is 0. The van der Waals surface area contributed by atoms with E-state index in [0.29, 0.717) is 0 Å². The molecular weight excluding hydrogens is 102 g/mol. The molecule has 0 atom stereocenters. The molecule has 0 saturated heterocycles. The molecule has 0 radical (unpaired) electrons. The van der Waals surface area contributed by atoms with Crippen LogP contribution in [0.5, 0.6) is 0 Å². The summed E-state index contributed by atoms with van der Waals surface area (Å²) >= 11 is 0. The fraction of sp³-hybridized carbons (Fsp3) is 0.500. The molecule has 0 unspecified atom stereocenters. The second kappa shape index (κ2) is 2.63. The number of isothiocyanates is 1. The van der Waals surface area contributed by atoms with Gasteiger partial charge in [-0.2, -0.15) is 8.42 Å². The zero-order valence-electron chi connectivity index (χ0n) is 3.17. The molecule has 0 saturated carbocycles. The van der Waals surface area contributed by atoms with Gasteiger partial charge in [-0.3, -0.25) is 0 Å². The van der Waals surface area contributed by atoms with Crippen molar-refractivity contribution in [2.75, 3.05) is 7.05 Å². The number of hydrogen-bond acceptors (Lipinski definition) is 3. The van der Waals surface area contributed by atoms with E-state index in [9.17, 15) is 8.42 Å². The van der Waals surface area contributed by atoms with Gasteiger partial charge in [-0.25, -0.2) is 4.99 Å². The van der Waals surface area contributed by atoms with Crippen LogP contribution in [0.4, 0.5) is 0 Å². The van der Waals surface area contributed by atoms with E-state index in [4.69, 9.17) is 0 Å². The van der Waals surface area contributed by atoms with Gasteiger partial charge in [0.25, 0.3) is 10.3 Å². The van der Waals surface area contributed by atoms with Gasteiger partial charge in [-0.1, -0.05) is 0 Å². The van der Waals surface area contributed by atoms with E-state index in [-0.39, 0.29) is 0 Å². The molecule has 0 rings (SSSR count). The van der Waals surface area contributed by atoms with E-state index in [1.54, 1.807) is 5.16 Å². The van der Waals surface area contributed by atoms with Crippen LogP contribution in [0.2, 0.25) is 0 Å². The van der Waals surface area contributed by atoms with Gasteiger partial charge in [0.05, 0.1) is 0 Å². The van der Waals surface area contributed by atoms with Crippen LogP contribution in [0, 0.1) is 0 Å². The lowest BCUT2D eigenvalue weighted by Crippen LogP contribution is -1.53. The standard InChI is InChI=1S/C2H3NO2S/c1-3-2-6(4)5/h1H3. The monoisotopic (exact) mass is 105 g/mol. The molecule has 0 spiro atoms. The van der Waals surface area contributed by atoms with Gasteiger partial charge < -0.3 is 0 Å². The Kier molecular flexibility index (Phi) is 2.36. The van der Waals surface area contributed by atoms with E-state index in [1.165, 1.54) is 7.05 Å². The highest BCUT2D eigenvalue weighted by molar-refractivity contribution is 7.70. The molecule has 0 N–H and O–H groups in total. The first kappa shape index (κ1) is 5.40. The fourth-order valence-electron chi connectivity index (χ4n) is 0.0745. The van der Waals surface area contributed by atoms with E-state index in [1.807, 2.05) is 0 Å². The van der Waals surface area contributed by atoms with Gasteiger partial charge in [0.15, 0.2) is 0 Å². The number of aliphatic imine (C=N–C) groups is 1. The van der Waals surface area contributed by atoms with Gasteiger partial charge in [0.2, 0.25) is 0 Å². The third kappa shape index (κ3) is 3.40. The number of rotatable bonds is 0. The zero-order chi connectivity index (χ0) is 4.99. The summed E-state index contributed by atoms with van der Waals surface area (Å²) in [5.41, 5.74) is 0. The molecule has 6 heavy (non-hydrogen) atoms. The van der Waals surface area contributed by atoms with E-state index in [0.717, 1.165) is 0 Å². The SMILES string of the molecule is CN=C=S(=O)=O. The average molecular weight is 105 g/mol. The Balaban J connectivity index is 4.66. The quantitative estimate of drug-likeness (QED) is 0.305. The number of nitrogens with zero attached hydrogens (tertiary/aromatic N) is 1. The minimum atomic E-state index is -2.23. The molecule has 0 bridgehead atoms. The van der Waals surface area contributed by atoms with Crippen LogP contribution in [-0.4, -0.2) is 20.6 Å². The molecule has 0 aromatic heterocycles. The summed E-state index contributed by atoms with van der Waals surface area (Å²) in [4.78, 5) is 3.07. The first-order valence-electron chi connectivity index (χ1n) is 1.21. The second-order valence-electron chi connectivity index (χ2n) is 0.550. The molecule has 4 heteroatoms. The second-order valence-corrected chi connectivity index (χ2v) is 1.20. The highest BCUT2D eigenvalue weighted by atomic mass is 32.2. The summed E-state index contributed by atoms with van der Waals surface area (Å²) in [6, 6.07) is 0. The maximum absolute atomic E-state index is 9.39. The normalized spacial score (nSPS) is 6.17. The Morgan fingerprint density at radius 1 is 1.67 bits per heavy atom. The van der Waals surface area contributed by atoms with Gasteiger partial charge in [0, 0.05) is 7.05 Å². The Morgan fingerprint density at radius 3 is 2.17 bits per heavy atom. The summed E-state index contributed by atoms with van der Waals surface area (Å²) in [7, 11) is -0.889. The molecule has 0 aliphatic heterocycles.